The van der Waals surface area contributed by atoms with Crippen LogP contribution < -0.4 is 14.7 Å². The minimum Gasteiger partial charge on any atom is -0.309 e. The number of hydrogen-bond acceptors (Lipinski definition) is 12. The van der Waals surface area contributed by atoms with Crippen LogP contribution in [0.2, 0.25) is 0 Å². The van der Waals surface area contributed by atoms with Gasteiger partial charge < -0.3 is 9.80 Å². The van der Waals surface area contributed by atoms with Gasteiger partial charge in [-0.25, -0.2) is 34.9 Å². The van der Waals surface area contributed by atoms with Crippen molar-refractivity contribution in [2.45, 2.75) is 0 Å². The predicted octanol–water partition coefficient (Wildman–Crippen LogP) is 35.2. The largest absolute Gasteiger partial charge is 0.309 e. The van der Waals surface area contributed by atoms with Crippen molar-refractivity contribution in [1.82, 2.24) is 44.9 Å². The van der Waals surface area contributed by atoms with Crippen LogP contribution in [0.4, 0.5) is 51.4 Å². The monoisotopic (exact) mass is 1870 g/mol. The highest BCUT2D eigenvalue weighted by Crippen LogP contribution is 2.56. The van der Waals surface area contributed by atoms with Gasteiger partial charge in [-0.2, -0.15) is 9.97 Å². The van der Waals surface area contributed by atoms with Crippen LogP contribution in [0, 0.1) is 0 Å². The number of aromatic nitrogens is 9. The molecule has 3 aromatic heterocycles. The number of hydrogen-bond donors (Lipinski definition) is 0. The Hall–Kier alpha value is -20.0. The summed E-state index contributed by atoms with van der Waals surface area (Å²) in [6.45, 7) is 0. The van der Waals surface area contributed by atoms with Gasteiger partial charge in [0.15, 0.2) is 46.6 Å². The van der Waals surface area contributed by atoms with Crippen LogP contribution in [0.1, 0.15) is 0 Å². The zero-order chi connectivity index (χ0) is 97.2. The molecule has 6 heterocycles. The molecule has 0 unspecified atom stereocenters. The van der Waals surface area contributed by atoms with E-state index in [1.54, 1.807) is 0 Å². The molecule has 686 valence electrons. The summed E-state index contributed by atoms with van der Waals surface area (Å²) in [7, 11) is 0. The van der Waals surface area contributed by atoms with E-state index >= 15 is 0 Å². The Bertz CT molecular complexity index is 9360. The van der Waals surface area contributed by atoms with Crippen LogP contribution in [-0.2, 0) is 0 Å². The SMILES string of the molecule is c1ccc(-c2nc(-c3ccc(N4c5ccccc5-c5cccc6cccc(c56)-c5ccccc54)cc3)nc(-c3ccc4ccccc4c3)n2)cc1.c1ccc(-c2nc(-c3ccc4ccccc4c3)nc(N3c4ccccc4-c4cccc5cccc(c45)-c4ccccc43)n2)cc1.c1ccc(-c2nc(-c3ccccc3)nc(-c3cc(N4c5ccccc5-c5cccc6cccc(c56)-c5ccccc54)cc4ccccc34)n2)cc1. The van der Waals surface area contributed by atoms with E-state index in [9.17, 15) is 0 Å². The van der Waals surface area contributed by atoms with Crippen molar-refractivity contribution < 1.29 is 0 Å². The summed E-state index contributed by atoms with van der Waals surface area (Å²) in [6, 6.07) is 183. The van der Waals surface area contributed by atoms with E-state index in [2.05, 4.69) is 451 Å². The third-order valence-electron chi connectivity index (χ3n) is 28.3. The smallest absolute Gasteiger partial charge is 0.238 e. The normalized spacial score (nSPS) is 11.9. The van der Waals surface area contributed by atoms with Gasteiger partial charge >= 0.3 is 0 Å². The third-order valence-corrected chi connectivity index (χ3v) is 28.3. The first kappa shape index (κ1) is 86.2. The topological polar surface area (TPSA) is 126 Å². The van der Waals surface area contributed by atoms with Crippen molar-refractivity contribution in [1.29, 1.82) is 0 Å². The Labute approximate surface area is 849 Å². The van der Waals surface area contributed by atoms with Crippen LogP contribution in [0.3, 0.4) is 0 Å². The lowest BCUT2D eigenvalue weighted by atomic mass is 9.87. The molecule has 29 rings (SSSR count). The highest BCUT2D eigenvalue weighted by molar-refractivity contribution is 6.17. The summed E-state index contributed by atoms with van der Waals surface area (Å²) in [6.07, 6.45) is 0. The number of anilines is 9. The first-order chi connectivity index (χ1) is 72.9. The first-order valence-corrected chi connectivity index (χ1v) is 49.5. The molecule has 0 saturated carbocycles. The summed E-state index contributed by atoms with van der Waals surface area (Å²) in [4.78, 5) is 52.8. The van der Waals surface area contributed by atoms with E-state index in [0.717, 1.165) is 123 Å². The van der Waals surface area contributed by atoms with E-state index in [0.29, 0.717) is 52.5 Å². The van der Waals surface area contributed by atoms with Crippen LogP contribution in [0.5, 0.6) is 0 Å². The highest BCUT2D eigenvalue weighted by Gasteiger charge is 2.33. The Morgan fingerprint density at radius 1 is 0.122 bits per heavy atom. The van der Waals surface area contributed by atoms with Gasteiger partial charge in [0.1, 0.15) is 0 Å². The molecule has 0 spiro atoms. The minimum absolute atomic E-state index is 0.568. The molecule has 12 nitrogen and oxygen atoms in total. The van der Waals surface area contributed by atoms with Gasteiger partial charge in [-0.15, -0.1) is 0 Å². The van der Waals surface area contributed by atoms with E-state index in [1.165, 1.54) is 98.7 Å². The fourth-order valence-electron chi connectivity index (χ4n) is 21.5. The number of benzene rings is 23. The summed E-state index contributed by atoms with van der Waals surface area (Å²) < 4.78 is 0. The Morgan fingerprint density at radius 3 is 0.707 bits per heavy atom. The number of fused-ring (bicyclic) bond motifs is 15. The molecule has 3 aliphatic rings. The summed E-state index contributed by atoms with van der Waals surface area (Å²) >= 11 is 0. The van der Waals surface area contributed by atoms with Crippen molar-refractivity contribution in [3.8, 4) is 158 Å². The molecular formula is C135H86N12. The molecular weight excluding hydrogens is 1790 g/mol. The predicted molar refractivity (Wildman–Crippen MR) is 605 cm³/mol. The van der Waals surface area contributed by atoms with Gasteiger partial charge in [0.25, 0.3) is 0 Å². The van der Waals surface area contributed by atoms with Crippen molar-refractivity contribution in [3.05, 3.63) is 522 Å². The maximum atomic E-state index is 5.24. The van der Waals surface area contributed by atoms with Crippen LogP contribution in [0.15, 0.2) is 522 Å². The fourth-order valence-corrected chi connectivity index (χ4v) is 21.5. The van der Waals surface area contributed by atoms with E-state index in [1.807, 2.05) is 84.9 Å². The third kappa shape index (κ3) is 15.7. The van der Waals surface area contributed by atoms with Gasteiger partial charge in [0, 0.05) is 89.3 Å². The fraction of sp³-hybridized carbons (Fsp3) is 0. The minimum atomic E-state index is 0.568. The second kappa shape index (κ2) is 36.9. The molecule has 23 aromatic carbocycles. The van der Waals surface area contributed by atoms with Gasteiger partial charge in [0.05, 0.1) is 34.1 Å². The molecule has 0 saturated heterocycles. The Morgan fingerprint density at radius 2 is 0.361 bits per heavy atom. The first-order valence-electron chi connectivity index (χ1n) is 49.5. The van der Waals surface area contributed by atoms with Crippen LogP contribution >= 0.6 is 0 Å². The molecule has 0 N–H and O–H groups in total. The second-order valence-corrected chi connectivity index (χ2v) is 37.0. The second-order valence-electron chi connectivity index (χ2n) is 37.0. The molecule has 0 bridgehead atoms. The molecule has 3 aliphatic heterocycles. The summed E-state index contributed by atoms with van der Waals surface area (Å²) in [5.74, 6) is 5.66. The summed E-state index contributed by atoms with van der Waals surface area (Å²) in [5.41, 5.74) is 30.4. The van der Waals surface area contributed by atoms with Gasteiger partial charge in [0.2, 0.25) is 5.95 Å². The van der Waals surface area contributed by atoms with Gasteiger partial charge in [-0.1, -0.05) is 437 Å². The number of rotatable bonds is 11. The molecule has 0 aliphatic carbocycles. The van der Waals surface area contributed by atoms with Crippen LogP contribution in [-0.4, -0.2) is 44.9 Å². The average Bonchev–Trinajstić information content (AvgIpc) is 0.741. The van der Waals surface area contributed by atoms with Crippen molar-refractivity contribution in [2.24, 2.45) is 0 Å². The standard InChI is InChI=1S/2C47H30N4.C41H26N4/c1-3-15-32(16-4-1)45-48-46(33-17-5-2-6-18-33)50-47(49-45)41-30-35(29-34-19-7-8-22-36(34)41)51-42-27-11-9-23-37(42)39-25-13-20-31-21-14-26-40(44(31)39)38-24-10-12-28-43(38)51;1-2-13-33(14-3-1)45-48-46(50-47(49-45)36-25-24-31-12-4-5-15-35(31)30-36)34-26-28-37(29-27-34)51-42-22-8-6-18-38(42)40-20-10-16-32-17-11-21-41(44(32)40)39-19-7-9-23-43(39)51;1-2-13-29(14-3-1)39-42-40(31-25-24-27-12-4-5-15-30(27)26-31)44-41(43-39)45-36-22-8-6-18-32(36)34-20-10-16-28-17-11-21-35(38(28)34)33-19-7-9-23-37(33)45/h2*1-30H;1-26H. The number of para-hydroxylation sites is 6. The molecule has 147 heavy (non-hydrogen) atoms. The average molecular weight is 1880 g/mol. The van der Waals surface area contributed by atoms with Crippen molar-refractivity contribution in [3.63, 3.8) is 0 Å². The lowest BCUT2D eigenvalue weighted by Gasteiger charge is -2.32. The molecule has 0 fully saturated rings. The Kier molecular flexibility index (Phi) is 21.6. The summed E-state index contributed by atoms with van der Waals surface area (Å²) in [5, 5.41) is 14.3. The van der Waals surface area contributed by atoms with E-state index < -0.39 is 0 Å². The Balaban J connectivity index is 0.000000109. The maximum Gasteiger partial charge on any atom is 0.238 e. The zero-order valence-corrected chi connectivity index (χ0v) is 79.5. The number of nitrogens with zero attached hydrogens (tertiary/aromatic N) is 12. The lowest BCUT2D eigenvalue weighted by molar-refractivity contribution is 1.02. The molecule has 26 aromatic rings. The molecule has 0 amide bonds. The lowest BCUT2D eigenvalue weighted by Crippen LogP contribution is -2.17. The van der Waals surface area contributed by atoms with Crippen LogP contribution in [0.25, 0.3) is 222 Å². The maximum absolute atomic E-state index is 5.24. The van der Waals surface area contributed by atoms with E-state index in [-0.39, 0.29) is 0 Å². The highest BCUT2D eigenvalue weighted by atomic mass is 15.3. The van der Waals surface area contributed by atoms with Gasteiger partial charge in [-0.05, 0) is 183 Å². The van der Waals surface area contributed by atoms with Gasteiger partial charge in [-0.3, -0.25) is 4.90 Å². The zero-order valence-electron chi connectivity index (χ0n) is 79.5. The molecule has 0 radical (unpaired) electrons. The quantitative estimate of drug-likeness (QED) is 0.122. The molecule has 12 heteroatoms. The van der Waals surface area contributed by atoms with Crippen molar-refractivity contribution >= 4 is 116 Å². The molecule has 0 atom stereocenters. The van der Waals surface area contributed by atoms with Crippen molar-refractivity contribution in [2.75, 3.05) is 14.7 Å². The van der Waals surface area contributed by atoms with E-state index in [4.69, 9.17) is 44.9 Å².